The Hall–Kier alpha value is -1.69. The van der Waals surface area contributed by atoms with Gasteiger partial charge in [0.2, 0.25) is 11.8 Å². The molecule has 5 nitrogen and oxygen atoms in total. The molecule has 90 valence electrons. The molecular formula is C11H11NO4S. The molecule has 0 atom stereocenters. The van der Waals surface area contributed by atoms with Crippen LogP contribution in [0.4, 0.5) is 5.00 Å². The van der Waals surface area contributed by atoms with E-state index < -0.39 is 5.97 Å². The molecule has 2 rings (SSSR count). The van der Waals surface area contributed by atoms with Crippen molar-refractivity contribution in [2.45, 2.75) is 19.8 Å². The minimum absolute atomic E-state index is 0.00579. The lowest BCUT2D eigenvalue weighted by atomic mass is 9.98. The van der Waals surface area contributed by atoms with Gasteiger partial charge in [-0.1, -0.05) is 6.92 Å². The van der Waals surface area contributed by atoms with Crippen LogP contribution in [0.25, 0.3) is 0 Å². The van der Waals surface area contributed by atoms with E-state index in [9.17, 15) is 14.4 Å². The van der Waals surface area contributed by atoms with Crippen LogP contribution in [0.1, 0.15) is 30.1 Å². The Morgan fingerprint density at radius 3 is 2.53 bits per heavy atom. The van der Waals surface area contributed by atoms with E-state index in [0.29, 0.717) is 0 Å². The maximum absolute atomic E-state index is 11.8. The third-order valence-corrected chi connectivity index (χ3v) is 3.52. The highest BCUT2D eigenvalue weighted by molar-refractivity contribution is 7.15. The van der Waals surface area contributed by atoms with Crippen LogP contribution in [-0.4, -0.2) is 22.9 Å². The normalized spacial score (nSPS) is 17.6. The molecule has 0 radical (unpaired) electrons. The number of piperidine rings is 1. The van der Waals surface area contributed by atoms with Gasteiger partial charge >= 0.3 is 5.97 Å². The monoisotopic (exact) mass is 253 g/mol. The number of carboxylic acid groups (broad SMARTS) is 1. The van der Waals surface area contributed by atoms with Crippen molar-refractivity contribution in [2.75, 3.05) is 4.90 Å². The first-order valence-corrected chi connectivity index (χ1v) is 6.05. The van der Waals surface area contributed by atoms with Gasteiger partial charge < -0.3 is 5.11 Å². The van der Waals surface area contributed by atoms with Crippen LogP contribution in [0.5, 0.6) is 0 Å². The summed E-state index contributed by atoms with van der Waals surface area (Å²) in [7, 11) is 0. The number of carbonyl (C=O) groups excluding carboxylic acids is 2. The molecule has 1 aliphatic rings. The van der Waals surface area contributed by atoms with Crippen molar-refractivity contribution >= 4 is 34.1 Å². The minimum atomic E-state index is -1.12. The van der Waals surface area contributed by atoms with E-state index in [1.165, 1.54) is 6.07 Å². The van der Waals surface area contributed by atoms with Gasteiger partial charge in [0.15, 0.2) is 0 Å². The van der Waals surface area contributed by atoms with Crippen molar-refractivity contribution in [1.29, 1.82) is 0 Å². The van der Waals surface area contributed by atoms with E-state index in [4.69, 9.17) is 5.11 Å². The number of imide groups is 1. The molecular weight excluding hydrogens is 242 g/mol. The van der Waals surface area contributed by atoms with Crippen molar-refractivity contribution < 1.29 is 19.5 Å². The van der Waals surface area contributed by atoms with E-state index in [1.54, 1.807) is 5.38 Å². The molecule has 17 heavy (non-hydrogen) atoms. The van der Waals surface area contributed by atoms with Crippen molar-refractivity contribution in [1.82, 2.24) is 0 Å². The van der Waals surface area contributed by atoms with Crippen molar-refractivity contribution in [2.24, 2.45) is 5.92 Å². The Bertz CT molecular complexity index is 475. The summed E-state index contributed by atoms with van der Waals surface area (Å²) in [6.07, 6.45) is 0.561. The van der Waals surface area contributed by atoms with Gasteiger partial charge in [-0.2, -0.15) is 0 Å². The molecule has 2 heterocycles. The number of amides is 2. The maximum atomic E-state index is 11.8. The second kappa shape index (κ2) is 4.29. The van der Waals surface area contributed by atoms with Crippen LogP contribution < -0.4 is 4.90 Å². The summed E-state index contributed by atoms with van der Waals surface area (Å²) in [5, 5.41) is 10.8. The first kappa shape index (κ1) is 11.8. The molecule has 0 bridgehead atoms. The summed E-state index contributed by atoms with van der Waals surface area (Å²) in [5.74, 6) is -1.74. The summed E-state index contributed by atoms with van der Waals surface area (Å²) in [6, 6.07) is 1.40. The molecule has 1 saturated heterocycles. The highest BCUT2D eigenvalue weighted by Crippen LogP contribution is 2.32. The highest BCUT2D eigenvalue weighted by Gasteiger charge is 2.34. The van der Waals surface area contributed by atoms with E-state index in [2.05, 4.69) is 0 Å². The zero-order valence-corrected chi connectivity index (χ0v) is 9.99. The zero-order valence-electron chi connectivity index (χ0n) is 9.17. The van der Waals surface area contributed by atoms with Gasteiger partial charge in [-0.25, -0.2) is 9.69 Å². The van der Waals surface area contributed by atoms with E-state index in [-0.39, 0.29) is 41.1 Å². The van der Waals surface area contributed by atoms with Gasteiger partial charge in [0.05, 0.1) is 5.56 Å². The SMILES string of the molecule is CC1CC(=O)N(c2sccc2C(=O)O)C(=O)C1. The molecule has 1 fully saturated rings. The lowest BCUT2D eigenvalue weighted by molar-refractivity contribution is -0.130. The summed E-state index contributed by atoms with van der Waals surface area (Å²) >= 11 is 1.10. The van der Waals surface area contributed by atoms with Crippen LogP contribution in [-0.2, 0) is 9.59 Å². The fourth-order valence-electron chi connectivity index (χ4n) is 1.85. The third-order valence-electron chi connectivity index (χ3n) is 2.62. The number of hydrogen-bond donors (Lipinski definition) is 1. The first-order valence-electron chi connectivity index (χ1n) is 5.17. The number of rotatable bonds is 2. The van der Waals surface area contributed by atoms with Gasteiger partial charge in [-0.15, -0.1) is 11.3 Å². The minimum Gasteiger partial charge on any atom is -0.478 e. The molecule has 0 unspecified atom stereocenters. The largest absolute Gasteiger partial charge is 0.478 e. The zero-order chi connectivity index (χ0) is 12.6. The topological polar surface area (TPSA) is 74.7 Å². The van der Waals surface area contributed by atoms with Gasteiger partial charge in [-0.05, 0) is 17.4 Å². The van der Waals surface area contributed by atoms with Crippen LogP contribution in [0.2, 0.25) is 0 Å². The van der Waals surface area contributed by atoms with Crippen LogP contribution in [0.15, 0.2) is 11.4 Å². The number of anilines is 1. The van der Waals surface area contributed by atoms with E-state index in [1.807, 2.05) is 6.92 Å². The predicted molar refractivity (Wildman–Crippen MR) is 62.2 cm³/mol. The number of carbonyl (C=O) groups is 3. The standard InChI is InChI=1S/C11H11NO4S/c1-6-4-8(13)12(9(14)5-6)10-7(11(15)16)2-3-17-10/h2-3,6H,4-5H2,1H3,(H,15,16). The van der Waals surface area contributed by atoms with Crippen molar-refractivity contribution in [3.63, 3.8) is 0 Å². The average molecular weight is 253 g/mol. The molecule has 0 aliphatic carbocycles. The molecule has 0 aromatic carbocycles. The summed E-state index contributed by atoms with van der Waals surface area (Å²) < 4.78 is 0. The van der Waals surface area contributed by atoms with Crippen LogP contribution >= 0.6 is 11.3 Å². The highest BCUT2D eigenvalue weighted by atomic mass is 32.1. The molecule has 1 aliphatic heterocycles. The molecule has 2 amide bonds. The molecule has 1 aromatic heterocycles. The van der Waals surface area contributed by atoms with Gasteiger partial charge in [-0.3, -0.25) is 9.59 Å². The lowest BCUT2D eigenvalue weighted by Gasteiger charge is -2.27. The lowest BCUT2D eigenvalue weighted by Crippen LogP contribution is -2.43. The first-order chi connectivity index (χ1) is 8.00. The Kier molecular flexibility index (Phi) is 2.97. The van der Waals surface area contributed by atoms with E-state index >= 15 is 0 Å². The van der Waals surface area contributed by atoms with Gasteiger partial charge in [0.25, 0.3) is 0 Å². The number of aromatic carboxylic acids is 1. The average Bonchev–Trinajstić information content (AvgIpc) is 2.64. The number of thiophene rings is 1. The van der Waals surface area contributed by atoms with Crippen LogP contribution in [0, 0.1) is 5.92 Å². The Balaban J connectivity index is 2.39. The van der Waals surface area contributed by atoms with E-state index in [0.717, 1.165) is 16.2 Å². The molecule has 1 aromatic rings. The molecule has 6 heteroatoms. The number of hydrogen-bond acceptors (Lipinski definition) is 4. The Morgan fingerprint density at radius 2 is 2.00 bits per heavy atom. The van der Waals surface area contributed by atoms with Crippen LogP contribution in [0.3, 0.4) is 0 Å². The second-order valence-electron chi connectivity index (χ2n) is 4.08. The molecule has 0 spiro atoms. The van der Waals surface area contributed by atoms with Gasteiger partial charge in [0, 0.05) is 12.8 Å². The summed E-state index contributed by atoms with van der Waals surface area (Å²) in [4.78, 5) is 35.6. The number of carboxylic acids is 1. The Morgan fingerprint density at radius 1 is 1.41 bits per heavy atom. The summed E-state index contributed by atoms with van der Waals surface area (Å²) in [5.41, 5.74) is 0.00579. The van der Waals surface area contributed by atoms with Crippen molar-refractivity contribution in [3.05, 3.63) is 17.0 Å². The Labute approximate surface area is 102 Å². The third kappa shape index (κ3) is 2.08. The maximum Gasteiger partial charge on any atom is 0.338 e. The predicted octanol–water partition coefficient (Wildman–Crippen LogP) is 1.74. The summed E-state index contributed by atoms with van der Waals surface area (Å²) in [6.45, 7) is 1.83. The molecule has 0 saturated carbocycles. The number of nitrogens with zero attached hydrogens (tertiary/aromatic N) is 1. The second-order valence-corrected chi connectivity index (χ2v) is 4.98. The smallest absolute Gasteiger partial charge is 0.338 e. The molecule has 1 N–H and O–H groups in total. The quantitative estimate of drug-likeness (QED) is 0.814. The fraction of sp³-hybridized carbons (Fsp3) is 0.364. The van der Waals surface area contributed by atoms with Gasteiger partial charge in [0.1, 0.15) is 5.00 Å². The van der Waals surface area contributed by atoms with Crippen molar-refractivity contribution in [3.8, 4) is 0 Å². The fourth-order valence-corrected chi connectivity index (χ4v) is 2.78.